The summed E-state index contributed by atoms with van der Waals surface area (Å²) >= 11 is -2.27. The van der Waals surface area contributed by atoms with E-state index in [1.54, 1.807) is 0 Å². The van der Waals surface area contributed by atoms with Gasteiger partial charge in [-0.15, -0.1) is 0 Å². The van der Waals surface area contributed by atoms with Crippen molar-refractivity contribution in [2.45, 2.75) is 138 Å². The van der Waals surface area contributed by atoms with Crippen LogP contribution in [0.1, 0.15) is 100 Å². The molecule has 0 aliphatic carbocycles. The first-order chi connectivity index (χ1) is 14.9. The van der Waals surface area contributed by atoms with E-state index in [-0.39, 0.29) is 17.1 Å². The molecule has 0 aliphatic heterocycles. The van der Waals surface area contributed by atoms with Gasteiger partial charge < -0.3 is 0 Å². The molecule has 1 N–H and O–H groups in total. The molecule has 0 spiro atoms. The fourth-order valence-corrected chi connectivity index (χ4v) is 19.4. The van der Waals surface area contributed by atoms with Crippen molar-refractivity contribution in [3.8, 4) is 0 Å². The molecule has 0 bridgehead atoms. The topological polar surface area (TPSA) is 29.5 Å². The molecule has 0 rings (SSSR count). The van der Waals surface area contributed by atoms with Crippen LogP contribution in [-0.4, -0.2) is 44.5 Å². The Kier molecular flexibility index (Phi) is 16.4. The Morgan fingerprint density at radius 1 is 0.938 bits per heavy atom. The number of unbranched alkanes of at least 4 members (excludes halogenated alkanes) is 3. The second-order valence-electron chi connectivity index (χ2n) is 11.6. The number of aliphatic hydroxyl groups excluding tert-OH is 1. The molecule has 0 fully saturated rings. The Morgan fingerprint density at radius 2 is 1.41 bits per heavy atom. The number of rotatable bonds is 17. The summed E-state index contributed by atoms with van der Waals surface area (Å²) in [4.78, 5) is 0. The Bertz CT molecular complexity index is 526. The third kappa shape index (κ3) is 12.2. The van der Waals surface area contributed by atoms with E-state index in [1.807, 2.05) is 0 Å². The van der Waals surface area contributed by atoms with E-state index in [0.717, 1.165) is 6.42 Å². The molecule has 0 radical (unpaired) electrons. The predicted molar refractivity (Wildman–Crippen MR) is 151 cm³/mol. The van der Waals surface area contributed by atoms with E-state index in [0.29, 0.717) is 6.61 Å². The van der Waals surface area contributed by atoms with Crippen molar-refractivity contribution in [3.05, 3.63) is 21.8 Å². The van der Waals surface area contributed by atoms with Gasteiger partial charge in [0.25, 0.3) is 0 Å². The maximum atomic E-state index is 10.7. The molecule has 0 saturated heterocycles. The number of allylic oxidation sites excluding steroid dienone is 2. The molecule has 2 nitrogen and oxygen atoms in total. The van der Waals surface area contributed by atoms with Crippen molar-refractivity contribution in [2.24, 2.45) is 5.92 Å². The Morgan fingerprint density at radius 3 is 1.78 bits per heavy atom. The van der Waals surface area contributed by atoms with E-state index >= 15 is 0 Å². The summed E-state index contributed by atoms with van der Waals surface area (Å²) in [5.74, 6) is 0.0744. The van der Waals surface area contributed by atoms with Gasteiger partial charge in [-0.2, -0.15) is 0 Å². The molecule has 0 aliphatic rings. The van der Waals surface area contributed by atoms with Gasteiger partial charge in [0.15, 0.2) is 0 Å². The summed E-state index contributed by atoms with van der Waals surface area (Å²) in [5.41, 5.74) is 1.31. The van der Waals surface area contributed by atoms with E-state index in [4.69, 9.17) is 4.43 Å². The van der Waals surface area contributed by atoms with Gasteiger partial charge in [-0.1, -0.05) is 0 Å². The second-order valence-corrected chi connectivity index (χ2v) is 29.4. The minimum atomic E-state index is -2.27. The van der Waals surface area contributed by atoms with Gasteiger partial charge in [0.05, 0.1) is 0 Å². The van der Waals surface area contributed by atoms with Crippen LogP contribution in [0, 0.1) is 5.92 Å². The van der Waals surface area contributed by atoms with Gasteiger partial charge in [0.1, 0.15) is 0 Å². The van der Waals surface area contributed by atoms with E-state index < -0.39 is 26.7 Å². The van der Waals surface area contributed by atoms with Crippen LogP contribution in [0.5, 0.6) is 0 Å². The van der Waals surface area contributed by atoms with Crippen LogP contribution in [0.25, 0.3) is 0 Å². The average molecular weight is 574 g/mol. The van der Waals surface area contributed by atoms with Crippen LogP contribution in [0.4, 0.5) is 0 Å². The minimum absolute atomic E-state index is 0.0744. The van der Waals surface area contributed by atoms with E-state index in [1.165, 1.54) is 57.4 Å². The third-order valence-corrected chi connectivity index (χ3v) is 26.2. The monoisotopic (exact) mass is 574 g/mol. The number of aliphatic hydroxyl groups is 1. The first kappa shape index (κ1) is 32.4. The van der Waals surface area contributed by atoms with Crippen molar-refractivity contribution in [1.82, 2.24) is 0 Å². The third-order valence-electron chi connectivity index (χ3n) is 7.62. The number of hydrogen-bond donors (Lipinski definition) is 1. The zero-order chi connectivity index (χ0) is 24.8. The van der Waals surface area contributed by atoms with Gasteiger partial charge >= 0.3 is 208 Å². The molecule has 0 saturated carbocycles. The van der Waals surface area contributed by atoms with Crippen LogP contribution < -0.4 is 0 Å². The standard InChI is InChI=1S/C16H31O2Si.3C4H9.Sn/c1-9-13(3)11-14(15(17)10-2)12-18-19(7,8)16(4,5)6;3*1-3-4-2;/h1,9,11,14-15,17H,10,12H2,2-8H3;3*1,3-4H2,2H3;/b9-1?,13-11+;;;;/t14-,15-;;;;/m1..../s1. The molecule has 0 heterocycles. The number of hydrogen-bond acceptors (Lipinski definition) is 2. The SMILES string of the molecule is CCC[CH2][Sn](/[CH]=C/C(C)=C/[C@H](CO[Si](C)(C)C(C)(C)C)[C@H](O)CC)([CH2]CCC)[CH2]CCC. The first-order valence-corrected chi connectivity index (χ1v) is 24.2. The van der Waals surface area contributed by atoms with Crippen LogP contribution in [0.3, 0.4) is 0 Å². The predicted octanol–water partition coefficient (Wildman–Crippen LogP) is 9.29. The van der Waals surface area contributed by atoms with E-state index in [2.05, 4.69) is 84.7 Å². The Hall–Kier alpha value is 0.416. The molecular formula is C28H58O2SiSn. The zero-order valence-electron chi connectivity index (χ0n) is 23.5. The van der Waals surface area contributed by atoms with Gasteiger partial charge in [0.2, 0.25) is 0 Å². The van der Waals surface area contributed by atoms with Crippen LogP contribution in [-0.2, 0) is 4.43 Å². The molecule has 0 aromatic carbocycles. The summed E-state index contributed by atoms with van der Waals surface area (Å²) in [6.45, 7) is 23.4. The molecule has 32 heavy (non-hydrogen) atoms. The molecule has 2 atom stereocenters. The van der Waals surface area contributed by atoms with Crippen LogP contribution in [0.2, 0.25) is 31.4 Å². The molecule has 0 amide bonds. The molecule has 190 valence electrons. The van der Waals surface area contributed by atoms with Crippen molar-refractivity contribution in [3.63, 3.8) is 0 Å². The average Bonchev–Trinajstić information content (AvgIpc) is 2.74. The molecule has 0 unspecified atom stereocenters. The molecule has 0 aromatic rings. The fraction of sp³-hybridized carbons (Fsp3) is 0.857. The normalized spacial score (nSPS) is 16.0. The molecule has 0 aromatic heterocycles. The van der Waals surface area contributed by atoms with Gasteiger partial charge in [0, 0.05) is 0 Å². The van der Waals surface area contributed by atoms with Crippen molar-refractivity contribution >= 4 is 26.7 Å². The van der Waals surface area contributed by atoms with Crippen LogP contribution in [0.15, 0.2) is 21.8 Å². The zero-order valence-corrected chi connectivity index (χ0v) is 27.4. The Labute approximate surface area is 207 Å². The fourth-order valence-electron chi connectivity index (χ4n) is 4.01. The maximum absolute atomic E-state index is 10.7. The van der Waals surface area contributed by atoms with Crippen LogP contribution >= 0.6 is 0 Å². The van der Waals surface area contributed by atoms with Gasteiger partial charge in [-0.25, -0.2) is 0 Å². The summed E-state index contributed by atoms with van der Waals surface area (Å²) < 4.78 is 13.8. The van der Waals surface area contributed by atoms with Crippen molar-refractivity contribution in [2.75, 3.05) is 6.61 Å². The van der Waals surface area contributed by atoms with Gasteiger partial charge in [-0.05, 0) is 0 Å². The quantitative estimate of drug-likeness (QED) is 0.139. The summed E-state index contributed by atoms with van der Waals surface area (Å²) in [7, 11) is -1.82. The Balaban J connectivity index is 5.64. The van der Waals surface area contributed by atoms with Crippen molar-refractivity contribution in [1.29, 1.82) is 0 Å². The summed E-state index contributed by atoms with van der Waals surface area (Å²) in [5, 5.41) is 10.9. The van der Waals surface area contributed by atoms with E-state index in [9.17, 15) is 5.11 Å². The van der Waals surface area contributed by atoms with Gasteiger partial charge in [-0.3, -0.25) is 0 Å². The second kappa shape index (κ2) is 16.2. The first-order valence-electron chi connectivity index (χ1n) is 13.6. The molecular weight excluding hydrogens is 515 g/mol. The van der Waals surface area contributed by atoms with Crippen molar-refractivity contribution < 1.29 is 9.53 Å². The molecule has 4 heteroatoms. The summed E-state index contributed by atoms with van der Waals surface area (Å²) in [6, 6.07) is 0. The summed E-state index contributed by atoms with van der Waals surface area (Å²) in [6.07, 6.45) is 13.3.